The molecular weight excluding hydrogens is 170 g/mol. The van der Waals surface area contributed by atoms with Gasteiger partial charge in [-0.1, -0.05) is 6.92 Å². The predicted molar refractivity (Wildman–Crippen MR) is 48.6 cm³/mol. The molecule has 0 heterocycles. The standard InChI is InChI=1S/C9H17NO3/c1-2-10-8(9(11)12)6-13-5-7-3-4-7/h7-8,10H,2-6H2,1H3,(H,11,12). The SMILES string of the molecule is CCNC(COCC1CC1)C(=O)O. The van der Waals surface area contributed by atoms with Crippen molar-refractivity contribution in [2.24, 2.45) is 5.92 Å². The summed E-state index contributed by atoms with van der Waals surface area (Å²) >= 11 is 0. The molecule has 13 heavy (non-hydrogen) atoms. The number of hydrogen-bond acceptors (Lipinski definition) is 3. The lowest BCUT2D eigenvalue weighted by molar-refractivity contribution is -0.141. The van der Waals surface area contributed by atoms with Crippen LogP contribution in [0, 0.1) is 5.92 Å². The highest BCUT2D eigenvalue weighted by atomic mass is 16.5. The lowest BCUT2D eigenvalue weighted by Gasteiger charge is -2.12. The first-order valence-electron chi connectivity index (χ1n) is 4.78. The van der Waals surface area contributed by atoms with Gasteiger partial charge in [0.1, 0.15) is 6.04 Å². The molecule has 0 aromatic rings. The second-order valence-electron chi connectivity index (χ2n) is 3.43. The summed E-state index contributed by atoms with van der Waals surface area (Å²) in [6.07, 6.45) is 2.47. The van der Waals surface area contributed by atoms with Crippen LogP contribution in [0.2, 0.25) is 0 Å². The Labute approximate surface area is 78.3 Å². The van der Waals surface area contributed by atoms with Crippen LogP contribution >= 0.6 is 0 Å². The Hall–Kier alpha value is -0.610. The van der Waals surface area contributed by atoms with Crippen molar-refractivity contribution in [2.75, 3.05) is 19.8 Å². The minimum Gasteiger partial charge on any atom is -0.480 e. The summed E-state index contributed by atoms with van der Waals surface area (Å²) in [5.41, 5.74) is 0. The molecule has 0 aromatic heterocycles. The molecule has 0 bridgehead atoms. The number of carboxylic acid groups (broad SMARTS) is 1. The first-order valence-corrected chi connectivity index (χ1v) is 4.78. The number of aliphatic carboxylic acids is 1. The summed E-state index contributed by atoms with van der Waals surface area (Å²) in [4.78, 5) is 10.6. The van der Waals surface area contributed by atoms with Crippen molar-refractivity contribution in [3.8, 4) is 0 Å². The maximum absolute atomic E-state index is 10.6. The average Bonchev–Trinajstić information content (AvgIpc) is 2.86. The van der Waals surface area contributed by atoms with E-state index in [0.29, 0.717) is 12.5 Å². The largest absolute Gasteiger partial charge is 0.480 e. The maximum atomic E-state index is 10.6. The van der Waals surface area contributed by atoms with Crippen molar-refractivity contribution in [1.82, 2.24) is 5.32 Å². The lowest BCUT2D eigenvalue weighted by atomic mass is 10.3. The molecule has 1 fully saturated rings. The van der Waals surface area contributed by atoms with Crippen molar-refractivity contribution in [2.45, 2.75) is 25.8 Å². The maximum Gasteiger partial charge on any atom is 0.323 e. The van der Waals surface area contributed by atoms with Crippen LogP contribution in [-0.4, -0.2) is 36.9 Å². The zero-order valence-electron chi connectivity index (χ0n) is 7.95. The molecular formula is C9H17NO3. The molecule has 0 spiro atoms. The highest BCUT2D eigenvalue weighted by molar-refractivity contribution is 5.73. The average molecular weight is 187 g/mol. The van der Waals surface area contributed by atoms with Crippen molar-refractivity contribution in [1.29, 1.82) is 0 Å². The van der Waals surface area contributed by atoms with Gasteiger partial charge in [0.25, 0.3) is 0 Å². The van der Waals surface area contributed by atoms with Crippen molar-refractivity contribution in [3.05, 3.63) is 0 Å². The molecule has 0 amide bonds. The van der Waals surface area contributed by atoms with E-state index in [-0.39, 0.29) is 6.61 Å². The van der Waals surface area contributed by atoms with Crippen LogP contribution in [0.15, 0.2) is 0 Å². The zero-order chi connectivity index (χ0) is 9.68. The van der Waals surface area contributed by atoms with Gasteiger partial charge in [-0.05, 0) is 25.3 Å². The Balaban J connectivity index is 2.08. The van der Waals surface area contributed by atoms with Gasteiger partial charge in [-0.25, -0.2) is 0 Å². The van der Waals surface area contributed by atoms with Crippen LogP contribution in [0.25, 0.3) is 0 Å². The third kappa shape index (κ3) is 4.24. The van der Waals surface area contributed by atoms with Crippen LogP contribution < -0.4 is 5.32 Å². The van der Waals surface area contributed by atoms with Crippen LogP contribution in [0.3, 0.4) is 0 Å². The number of carbonyl (C=O) groups is 1. The quantitative estimate of drug-likeness (QED) is 0.608. The van der Waals surface area contributed by atoms with E-state index in [9.17, 15) is 4.79 Å². The number of carboxylic acids is 1. The Morgan fingerprint density at radius 2 is 2.38 bits per heavy atom. The summed E-state index contributed by atoms with van der Waals surface area (Å²) < 4.78 is 5.29. The number of hydrogen-bond donors (Lipinski definition) is 2. The van der Waals surface area contributed by atoms with Gasteiger partial charge in [0.2, 0.25) is 0 Å². The first-order chi connectivity index (χ1) is 6.24. The van der Waals surface area contributed by atoms with Crippen LogP contribution in [-0.2, 0) is 9.53 Å². The molecule has 0 aliphatic heterocycles. The van der Waals surface area contributed by atoms with E-state index < -0.39 is 12.0 Å². The summed E-state index contributed by atoms with van der Waals surface area (Å²) in [5.74, 6) is -0.145. The number of rotatable bonds is 7. The Bertz CT molecular complexity index is 168. The van der Waals surface area contributed by atoms with E-state index in [4.69, 9.17) is 9.84 Å². The van der Waals surface area contributed by atoms with Crippen LogP contribution in [0.5, 0.6) is 0 Å². The third-order valence-corrected chi connectivity index (χ3v) is 2.08. The molecule has 1 unspecified atom stereocenters. The van der Waals surface area contributed by atoms with Gasteiger partial charge in [-0.3, -0.25) is 4.79 Å². The van der Waals surface area contributed by atoms with Gasteiger partial charge >= 0.3 is 5.97 Å². The molecule has 1 aliphatic carbocycles. The van der Waals surface area contributed by atoms with E-state index in [1.807, 2.05) is 6.92 Å². The van der Waals surface area contributed by atoms with Gasteiger partial charge in [0.15, 0.2) is 0 Å². The molecule has 0 saturated heterocycles. The van der Waals surface area contributed by atoms with Gasteiger partial charge < -0.3 is 15.2 Å². The van der Waals surface area contributed by atoms with Crippen molar-refractivity contribution < 1.29 is 14.6 Å². The smallest absolute Gasteiger partial charge is 0.323 e. The van der Waals surface area contributed by atoms with Gasteiger partial charge in [-0.15, -0.1) is 0 Å². The van der Waals surface area contributed by atoms with Gasteiger partial charge in [0, 0.05) is 6.61 Å². The predicted octanol–water partition coefficient (Wildman–Crippen LogP) is 0.476. The Morgan fingerprint density at radius 1 is 1.69 bits per heavy atom. The summed E-state index contributed by atoms with van der Waals surface area (Å²) in [7, 11) is 0. The molecule has 2 N–H and O–H groups in total. The molecule has 1 aliphatic rings. The fraction of sp³-hybridized carbons (Fsp3) is 0.889. The number of likely N-dealkylation sites (N-methyl/N-ethyl adjacent to an activating group) is 1. The Morgan fingerprint density at radius 3 is 2.85 bits per heavy atom. The second-order valence-corrected chi connectivity index (χ2v) is 3.43. The van der Waals surface area contributed by atoms with Crippen LogP contribution in [0.4, 0.5) is 0 Å². The van der Waals surface area contributed by atoms with Crippen LogP contribution in [0.1, 0.15) is 19.8 Å². The lowest BCUT2D eigenvalue weighted by Crippen LogP contribution is -2.40. The molecule has 4 heteroatoms. The third-order valence-electron chi connectivity index (χ3n) is 2.08. The fourth-order valence-corrected chi connectivity index (χ4v) is 1.10. The Kier molecular flexibility index (Phi) is 4.18. The normalized spacial score (nSPS) is 18.5. The summed E-state index contributed by atoms with van der Waals surface area (Å²) in [5, 5.41) is 11.6. The zero-order valence-corrected chi connectivity index (χ0v) is 7.95. The van der Waals surface area contributed by atoms with E-state index in [1.165, 1.54) is 12.8 Å². The van der Waals surface area contributed by atoms with E-state index in [2.05, 4.69) is 5.32 Å². The van der Waals surface area contributed by atoms with Gasteiger partial charge in [-0.2, -0.15) is 0 Å². The monoisotopic (exact) mass is 187 g/mol. The molecule has 4 nitrogen and oxygen atoms in total. The molecule has 1 rings (SSSR count). The molecule has 1 atom stereocenters. The topological polar surface area (TPSA) is 58.6 Å². The number of nitrogens with one attached hydrogen (secondary N) is 1. The molecule has 0 aromatic carbocycles. The highest BCUT2D eigenvalue weighted by Gasteiger charge is 2.23. The minimum atomic E-state index is -0.836. The molecule has 76 valence electrons. The van der Waals surface area contributed by atoms with Gasteiger partial charge in [0.05, 0.1) is 6.61 Å². The molecule has 1 saturated carbocycles. The van der Waals surface area contributed by atoms with Crippen molar-refractivity contribution in [3.63, 3.8) is 0 Å². The van der Waals surface area contributed by atoms with E-state index in [1.54, 1.807) is 0 Å². The minimum absolute atomic E-state index is 0.277. The van der Waals surface area contributed by atoms with E-state index in [0.717, 1.165) is 6.61 Å². The van der Waals surface area contributed by atoms with E-state index >= 15 is 0 Å². The highest BCUT2D eigenvalue weighted by Crippen LogP contribution is 2.28. The van der Waals surface area contributed by atoms with Crippen molar-refractivity contribution >= 4 is 5.97 Å². The summed E-state index contributed by atoms with van der Waals surface area (Å²) in [6.45, 7) is 3.54. The second kappa shape index (κ2) is 5.19. The summed E-state index contributed by atoms with van der Waals surface area (Å²) in [6, 6.07) is -0.552. The molecule has 0 radical (unpaired) electrons. The fourth-order valence-electron chi connectivity index (χ4n) is 1.10. The number of ether oxygens (including phenoxy) is 1. The first kappa shape index (κ1) is 10.5.